The Hall–Kier alpha value is -3.25. The number of aliphatic hydroxyl groups excluding tert-OH is 3. The summed E-state index contributed by atoms with van der Waals surface area (Å²) in [5.41, 5.74) is -0.0104. The minimum absolute atomic E-state index is 0.0104. The van der Waals surface area contributed by atoms with Crippen molar-refractivity contribution in [1.82, 2.24) is 0 Å². The molecule has 11 nitrogen and oxygen atoms in total. The van der Waals surface area contributed by atoms with E-state index < -0.39 is 43.3 Å². The third-order valence-corrected chi connectivity index (χ3v) is 4.87. The number of ether oxygens (including phenoxy) is 5. The van der Waals surface area contributed by atoms with Crippen LogP contribution in [0.1, 0.15) is 10.4 Å². The lowest BCUT2D eigenvalue weighted by Gasteiger charge is -2.41. The second-order valence-corrected chi connectivity index (χ2v) is 6.92. The Balaban J connectivity index is 1.82. The van der Waals surface area contributed by atoms with E-state index in [1.165, 1.54) is 50.6 Å². The minimum Gasteiger partial charge on any atom is -0.508 e. The second-order valence-electron chi connectivity index (χ2n) is 6.92. The molecule has 1 aliphatic rings. The van der Waals surface area contributed by atoms with Gasteiger partial charge in [0.05, 0.1) is 26.4 Å². The molecule has 174 valence electrons. The maximum Gasteiger partial charge on any atom is 0.338 e. The zero-order chi connectivity index (χ0) is 23.4. The first kappa shape index (κ1) is 23.4. The lowest BCUT2D eigenvalue weighted by atomic mass is 9.98. The van der Waals surface area contributed by atoms with Crippen molar-refractivity contribution in [1.29, 1.82) is 0 Å². The van der Waals surface area contributed by atoms with Crippen molar-refractivity contribution in [3.8, 4) is 28.7 Å². The molecule has 5 atom stereocenters. The van der Waals surface area contributed by atoms with Gasteiger partial charge in [-0.25, -0.2) is 4.79 Å². The number of benzene rings is 2. The van der Waals surface area contributed by atoms with Gasteiger partial charge in [-0.3, -0.25) is 0 Å². The lowest BCUT2D eigenvalue weighted by molar-refractivity contribution is -0.277. The van der Waals surface area contributed by atoms with Gasteiger partial charge in [-0.1, -0.05) is 0 Å². The molecular weight excluding hydrogens is 428 g/mol. The van der Waals surface area contributed by atoms with Gasteiger partial charge in [-0.2, -0.15) is 0 Å². The Kier molecular flexibility index (Phi) is 7.26. The average Bonchev–Trinajstić information content (AvgIpc) is 2.79. The van der Waals surface area contributed by atoms with Crippen LogP contribution < -0.4 is 14.2 Å². The van der Waals surface area contributed by atoms with Gasteiger partial charge in [0.15, 0.2) is 35.2 Å². The largest absolute Gasteiger partial charge is 0.508 e. The van der Waals surface area contributed by atoms with Crippen LogP contribution in [0.25, 0.3) is 0 Å². The van der Waals surface area contributed by atoms with Crippen LogP contribution in [-0.2, 0) is 9.47 Å². The van der Waals surface area contributed by atoms with Crippen molar-refractivity contribution >= 4 is 5.97 Å². The summed E-state index contributed by atoms with van der Waals surface area (Å²) in [6.07, 6.45) is -7.45. The summed E-state index contributed by atoms with van der Waals surface area (Å²) < 4.78 is 26.4. The van der Waals surface area contributed by atoms with Crippen LogP contribution in [0, 0.1) is 0 Å². The van der Waals surface area contributed by atoms with Gasteiger partial charge in [0.25, 0.3) is 0 Å². The molecule has 0 bridgehead atoms. The molecule has 5 N–H and O–H groups in total. The molecule has 0 aromatic heterocycles. The average molecular weight is 452 g/mol. The third kappa shape index (κ3) is 4.81. The maximum absolute atomic E-state index is 12.6. The number of esters is 1. The Labute approximate surface area is 182 Å². The van der Waals surface area contributed by atoms with E-state index in [0.717, 1.165) is 0 Å². The van der Waals surface area contributed by atoms with Gasteiger partial charge in [-0.05, 0) is 30.3 Å². The SMILES string of the molecule is COc1cc(C(=O)OC2C(O)C(CO)OC(Oc3ccc(O)cc3OC)C2O)ccc1O. The van der Waals surface area contributed by atoms with E-state index in [1.54, 1.807) is 0 Å². The summed E-state index contributed by atoms with van der Waals surface area (Å²) in [6.45, 7) is -0.651. The van der Waals surface area contributed by atoms with Crippen molar-refractivity contribution in [2.75, 3.05) is 20.8 Å². The van der Waals surface area contributed by atoms with E-state index in [1.807, 2.05) is 0 Å². The molecular formula is C21H24O11. The second kappa shape index (κ2) is 9.92. The summed E-state index contributed by atoms with van der Waals surface area (Å²) >= 11 is 0. The van der Waals surface area contributed by atoms with E-state index in [-0.39, 0.29) is 34.3 Å². The van der Waals surface area contributed by atoms with Crippen LogP contribution in [0.2, 0.25) is 0 Å². The minimum atomic E-state index is -1.66. The van der Waals surface area contributed by atoms with E-state index in [4.69, 9.17) is 23.7 Å². The number of aromatic hydroxyl groups is 2. The predicted octanol–water partition coefficient (Wildman–Crippen LogP) is 0.158. The Morgan fingerprint density at radius 3 is 2.34 bits per heavy atom. The zero-order valence-electron chi connectivity index (χ0n) is 17.2. The highest BCUT2D eigenvalue weighted by Gasteiger charge is 2.48. The van der Waals surface area contributed by atoms with Crippen LogP contribution in [-0.4, -0.2) is 83.0 Å². The van der Waals surface area contributed by atoms with Gasteiger partial charge >= 0.3 is 5.97 Å². The Morgan fingerprint density at radius 2 is 1.69 bits per heavy atom. The van der Waals surface area contributed by atoms with Gasteiger partial charge in [0, 0.05) is 6.07 Å². The summed E-state index contributed by atoms with van der Waals surface area (Å²) in [5, 5.41) is 50.0. The topological polar surface area (TPSA) is 164 Å². The van der Waals surface area contributed by atoms with E-state index in [2.05, 4.69) is 0 Å². The van der Waals surface area contributed by atoms with Crippen LogP contribution in [0.5, 0.6) is 28.7 Å². The monoisotopic (exact) mass is 452 g/mol. The molecule has 0 saturated carbocycles. The molecule has 1 saturated heterocycles. The molecule has 1 heterocycles. The van der Waals surface area contributed by atoms with Gasteiger partial charge < -0.3 is 49.2 Å². The standard InChI is InChI=1S/C21H24O11/c1-28-14-7-10(3-5-12(14)24)20(27)32-19-17(25)16(9-22)31-21(18(19)26)30-13-6-4-11(23)8-15(13)29-2/h3-8,16-19,21-26H,9H2,1-2H3. The summed E-state index contributed by atoms with van der Waals surface area (Å²) in [5.74, 6) is -0.939. The molecule has 1 aliphatic heterocycles. The van der Waals surface area contributed by atoms with Crippen LogP contribution >= 0.6 is 0 Å². The highest BCUT2D eigenvalue weighted by molar-refractivity contribution is 5.90. The van der Waals surface area contributed by atoms with Crippen LogP contribution in [0.15, 0.2) is 36.4 Å². The summed E-state index contributed by atoms with van der Waals surface area (Å²) in [4.78, 5) is 12.6. The number of hydrogen-bond acceptors (Lipinski definition) is 11. The first-order chi connectivity index (χ1) is 15.3. The first-order valence-electron chi connectivity index (χ1n) is 9.53. The zero-order valence-corrected chi connectivity index (χ0v) is 17.2. The number of carbonyl (C=O) groups is 1. The molecule has 3 rings (SSSR count). The van der Waals surface area contributed by atoms with Gasteiger partial charge in [-0.15, -0.1) is 0 Å². The molecule has 0 spiro atoms. The molecule has 2 aromatic carbocycles. The molecule has 5 unspecified atom stereocenters. The van der Waals surface area contributed by atoms with Gasteiger partial charge in [0.1, 0.15) is 18.0 Å². The van der Waals surface area contributed by atoms with Crippen LogP contribution in [0.3, 0.4) is 0 Å². The highest BCUT2D eigenvalue weighted by Crippen LogP contribution is 2.34. The molecule has 0 aliphatic carbocycles. The number of rotatable bonds is 7. The predicted molar refractivity (Wildman–Crippen MR) is 107 cm³/mol. The number of carbonyl (C=O) groups excluding carboxylic acids is 1. The summed E-state index contributed by atoms with van der Waals surface area (Å²) in [6, 6.07) is 7.70. The fourth-order valence-corrected chi connectivity index (χ4v) is 3.16. The number of aliphatic hydroxyl groups is 3. The van der Waals surface area contributed by atoms with Crippen LogP contribution in [0.4, 0.5) is 0 Å². The van der Waals surface area contributed by atoms with Crippen molar-refractivity contribution in [2.45, 2.75) is 30.7 Å². The molecule has 0 amide bonds. The number of phenolic OH excluding ortho intramolecular Hbond substituents is 2. The van der Waals surface area contributed by atoms with E-state index in [0.29, 0.717) is 0 Å². The maximum atomic E-state index is 12.6. The first-order valence-corrected chi connectivity index (χ1v) is 9.53. The van der Waals surface area contributed by atoms with Crippen molar-refractivity contribution in [2.24, 2.45) is 0 Å². The third-order valence-electron chi connectivity index (χ3n) is 4.87. The molecule has 1 fully saturated rings. The van der Waals surface area contributed by atoms with Crippen molar-refractivity contribution < 1.29 is 54.0 Å². The normalized spacial score (nSPS) is 25.1. The molecule has 0 radical (unpaired) electrons. The quantitative estimate of drug-likeness (QED) is 0.363. The molecule has 32 heavy (non-hydrogen) atoms. The van der Waals surface area contributed by atoms with Crippen molar-refractivity contribution in [3.05, 3.63) is 42.0 Å². The number of hydrogen-bond donors (Lipinski definition) is 5. The molecule has 11 heteroatoms. The van der Waals surface area contributed by atoms with E-state index in [9.17, 15) is 30.3 Å². The van der Waals surface area contributed by atoms with Crippen molar-refractivity contribution in [3.63, 3.8) is 0 Å². The van der Waals surface area contributed by atoms with E-state index >= 15 is 0 Å². The Bertz CT molecular complexity index is 947. The highest BCUT2D eigenvalue weighted by atomic mass is 16.7. The Morgan fingerprint density at radius 1 is 0.969 bits per heavy atom. The number of methoxy groups -OCH3 is 2. The summed E-state index contributed by atoms with van der Waals surface area (Å²) in [7, 11) is 2.65. The smallest absolute Gasteiger partial charge is 0.338 e. The fourth-order valence-electron chi connectivity index (χ4n) is 3.16. The fraction of sp³-hybridized carbons (Fsp3) is 0.381. The van der Waals surface area contributed by atoms with Gasteiger partial charge in [0.2, 0.25) is 6.29 Å². The molecule has 2 aromatic rings. The number of phenols is 2. The lowest BCUT2D eigenvalue weighted by Crippen LogP contribution is -2.61.